The summed E-state index contributed by atoms with van der Waals surface area (Å²) in [5.74, 6) is 0.929. The van der Waals surface area contributed by atoms with Crippen molar-refractivity contribution in [1.29, 1.82) is 0 Å². The van der Waals surface area contributed by atoms with E-state index in [9.17, 15) is 0 Å². The summed E-state index contributed by atoms with van der Waals surface area (Å²) >= 11 is 0. The standard InChI is InChI=1S/C84H112N2/c1-77(2,3)55-39-56(78(4,5)6)44-63(43-55)85(64-45-57(79(7,8)9)40-58(46-64)80(10,11)12)73-51-71(53-31-27-25-28-32-53)67-36-38-70-74(52-72(54-33-29-26-30-34-54)68-35-37-69(73)75(67)76(68)70)86(65-47-59(81(13,14)15)41-60(48-65)82(16,17)18)66-49-61(83(19,20)21)42-62(50-66)84(22,23)24/h35-54H,25-34H2,1-24H3. The molecule has 0 spiro atoms. The average molecular weight is 1150 g/mol. The number of nitrogens with zero attached hydrogens (tertiary/aromatic N) is 2. The molecule has 86 heavy (non-hydrogen) atoms. The highest BCUT2D eigenvalue weighted by Gasteiger charge is 2.34. The van der Waals surface area contributed by atoms with E-state index in [1.54, 1.807) is 0 Å². The van der Waals surface area contributed by atoms with E-state index in [-0.39, 0.29) is 43.3 Å². The Hall–Kier alpha value is -5.60. The molecule has 2 heteroatoms. The fourth-order valence-corrected chi connectivity index (χ4v) is 14.2. The second-order valence-corrected chi connectivity index (χ2v) is 35.5. The van der Waals surface area contributed by atoms with E-state index in [1.807, 2.05) is 0 Å². The van der Waals surface area contributed by atoms with E-state index in [1.165, 1.54) is 186 Å². The van der Waals surface area contributed by atoms with E-state index in [0.717, 1.165) is 0 Å². The number of hydrogen-bond donors (Lipinski definition) is 0. The maximum absolute atomic E-state index is 2.75. The van der Waals surface area contributed by atoms with Gasteiger partial charge in [-0.3, -0.25) is 0 Å². The third-order valence-electron chi connectivity index (χ3n) is 20.1. The number of rotatable bonds is 8. The van der Waals surface area contributed by atoms with E-state index >= 15 is 0 Å². The molecule has 8 aromatic carbocycles. The Morgan fingerprint density at radius 3 is 0.640 bits per heavy atom. The van der Waals surface area contributed by atoms with Crippen LogP contribution in [0.5, 0.6) is 0 Å². The van der Waals surface area contributed by atoms with Gasteiger partial charge in [-0.15, -0.1) is 0 Å². The summed E-state index contributed by atoms with van der Waals surface area (Å²) < 4.78 is 0. The second-order valence-electron chi connectivity index (χ2n) is 35.5. The normalized spacial score (nSPS) is 16.0. The lowest BCUT2D eigenvalue weighted by Crippen LogP contribution is -2.22. The average Bonchev–Trinajstić information content (AvgIpc) is 0.711. The van der Waals surface area contributed by atoms with Crippen molar-refractivity contribution < 1.29 is 0 Å². The zero-order valence-corrected chi connectivity index (χ0v) is 58.5. The second kappa shape index (κ2) is 22.2. The molecule has 2 nitrogen and oxygen atoms in total. The SMILES string of the molecule is CC(C)(C)c1cc(N(c2cc(C(C)(C)C)cc(C(C)(C)C)c2)c2cc(C3CCCCC3)c3ccc4c(N(c5cc(C(C)(C)C)cc(C(C)(C)C)c5)c5cc(C(C)(C)C)cc(C(C)(C)C)c5)cc(C5CCCCC5)c5ccc2c3c54)cc(C(C)(C)C)c1. The molecule has 0 bridgehead atoms. The van der Waals surface area contributed by atoms with Crippen molar-refractivity contribution in [2.45, 2.75) is 286 Å². The molecule has 2 aliphatic rings. The van der Waals surface area contributed by atoms with Gasteiger partial charge < -0.3 is 9.80 Å². The van der Waals surface area contributed by atoms with Crippen molar-refractivity contribution in [3.63, 3.8) is 0 Å². The van der Waals surface area contributed by atoms with Gasteiger partial charge in [0.05, 0.1) is 11.4 Å². The Balaban J connectivity index is 1.44. The van der Waals surface area contributed by atoms with Gasteiger partial charge in [0.25, 0.3) is 0 Å². The summed E-state index contributed by atoms with van der Waals surface area (Å²) in [6.07, 6.45) is 12.6. The lowest BCUT2D eigenvalue weighted by atomic mass is 9.77. The molecule has 2 fully saturated rings. The van der Waals surface area contributed by atoms with Crippen LogP contribution in [-0.2, 0) is 43.3 Å². The maximum Gasteiger partial charge on any atom is 0.0543 e. The molecule has 0 amide bonds. The van der Waals surface area contributed by atoms with Crippen LogP contribution in [0, 0.1) is 0 Å². The van der Waals surface area contributed by atoms with Gasteiger partial charge in [-0.05, 0) is 219 Å². The van der Waals surface area contributed by atoms with Gasteiger partial charge in [-0.2, -0.15) is 0 Å². The van der Waals surface area contributed by atoms with E-state index in [4.69, 9.17) is 0 Å². The topological polar surface area (TPSA) is 6.48 Å². The molecular formula is C84H112N2. The van der Waals surface area contributed by atoms with Crippen LogP contribution < -0.4 is 9.80 Å². The highest BCUT2D eigenvalue weighted by molar-refractivity contribution is 6.29. The summed E-state index contributed by atoms with van der Waals surface area (Å²) in [5.41, 5.74) is 21.0. The van der Waals surface area contributed by atoms with E-state index < -0.39 is 0 Å². The van der Waals surface area contributed by atoms with Crippen molar-refractivity contribution >= 4 is 66.4 Å². The summed E-state index contributed by atoms with van der Waals surface area (Å²) in [4.78, 5) is 5.50. The van der Waals surface area contributed by atoms with Crippen LogP contribution in [0.2, 0.25) is 0 Å². The highest BCUT2D eigenvalue weighted by Crippen LogP contribution is 2.55. The minimum Gasteiger partial charge on any atom is -0.310 e. The van der Waals surface area contributed by atoms with Crippen molar-refractivity contribution in [2.24, 2.45) is 0 Å². The molecule has 458 valence electrons. The highest BCUT2D eigenvalue weighted by atomic mass is 15.2. The van der Waals surface area contributed by atoms with Crippen molar-refractivity contribution in [3.8, 4) is 0 Å². The minimum absolute atomic E-state index is 0.0701. The van der Waals surface area contributed by atoms with Gasteiger partial charge in [-0.1, -0.05) is 253 Å². The Morgan fingerprint density at radius 2 is 0.442 bits per heavy atom. The van der Waals surface area contributed by atoms with Gasteiger partial charge >= 0.3 is 0 Å². The van der Waals surface area contributed by atoms with Crippen LogP contribution in [0.4, 0.5) is 34.1 Å². The van der Waals surface area contributed by atoms with Crippen LogP contribution in [0.25, 0.3) is 32.3 Å². The zero-order chi connectivity index (χ0) is 62.8. The molecule has 0 saturated heterocycles. The number of hydrogen-bond acceptors (Lipinski definition) is 2. The largest absolute Gasteiger partial charge is 0.310 e. The molecule has 0 atom stereocenters. The van der Waals surface area contributed by atoms with Crippen LogP contribution in [-0.4, -0.2) is 0 Å². The van der Waals surface area contributed by atoms with Crippen molar-refractivity contribution in [3.05, 3.63) is 165 Å². The van der Waals surface area contributed by atoms with Gasteiger partial charge in [0, 0.05) is 33.5 Å². The first kappa shape index (κ1) is 63.4. The van der Waals surface area contributed by atoms with Gasteiger partial charge in [-0.25, -0.2) is 0 Å². The Bertz CT molecular complexity index is 3260. The quantitative estimate of drug-likeness (QED) is 0.140. The number of benzene rings is 8. The Morgan fingerprint density at radius 1 is 0.244 bits per heavy atom. The molecule has 0 N–H and O–H groups in total. The van der Waals surface area contributed by atoms with Gasteiger partial charge in [0.1, 0.15) is 0 Å². The fourth-order valence-electron chi connectivity index (χ4n) is 14.2. The van der Waals surface area contributed by atoms with Gasteiger partial charge in [0.15, 0.2) is 0 Å². The monoisotopic (exact) mass is 1150 g/mol. The zero-order valence-electron chi connectivity index (χ0n) is 58.5. The Kier molecular flexibility index (Phi) is 16.3. The minimum atomic E-state index is -0.0701. The smallest absolute Gasteiger partial charge is 0.0543 e. The molecule has 0 aromatic heterocycles. The molecule has 0 radical (unpaired) electrons. The molecule has 2 aliphatic carbocycles. The number of anilines is 6. The molecule has 2 saturated carbocycles. The van der Waals surface area contributed by atoms with Crippen LogP contribution in [0.1, 0.15) is 298 Å². The van der Waals surface area contributed by atoms with E-state index in [0.29, 0.717) is 11.8 Å². The molecule has 8 aromatic rings. The first-order valence-corrected chi connectivity index (χ1v) is 33.7. The Labute approximate surface area is 523 Å². The third-order valence-corrected chi connectivity index (χ3v) is 20.1. The summed E-state index contributed by atoms with van der Waals surface area (Å²) in [6, 6.07) is 46.3. The summed E-state index contributed by atoms with van der Waals surface area (Å²) in [7, 11) is 0. The maximum atomic E-state index is 2.75. The van der Waals surface area contributed by atoms with Crippen LogP contribution in [0.15, 0.2) is 109 Å². The molecule has 0 unspecified atom stereocenters. The van der Waals surface area contributed by atoms with Crippen LogP contribution in [0.3, 0.4) is 0 Å². The van der Waals surface area contributed by atoms with Crippen molar-refractivity contribution in [1.82, 2.24) is 0 Å². The molecule has 0 heterocycles. The van der Waals surface area contributed by atoms with Gasteiger partial charge in [0.2, 0.25) is 0 Å². The summed E-state index contributed by atoms with van der Waals surface area (Å²) in [5, 5.41) is 8.43. The van der Waals surface area contributed by atoms with Crippen molar-refractivity contribution in [2.75, 3.05) is 9.80 Å². The molecule has 10 rings (SSSR count). The predicted molar refractivity (Wildman–Crippen MR) is 381 cm³/mol. The predicted octanol–water partition coefficient (Wildman–Crippen LogP) is 26.0. The lowest BCUT2D eigenvalue weighted by molar-refractivity contribution is 0.445. The first-order chi connectivity index (χ1) is 39.7. The molecule has 0 aliphatic heterocycles. The lowest BCUT2D eigenvalue weighted by Gasteiger charge is -2.36. The fraction of sp³-hybridized carbons (Fsp3) is 0.524. The summed E-state index contributed by atoms with van der Waals surface area (Å²) in [6.45, 7) is 57.6. The third kappa shape index (κ3) is 12.7. The van der Waals surface area contributed by atoms with E-state index in [2.05, 4.69) is 285 Å². The van der Waals surface area contributed by atoms with Crippen LogP contribution >= 0.6 is 0 Å². The molecular weight excluding hydrogens is 1040 g/mol. The first-order valence-electron chi connectivity index (χ1n) is 33.7.